The molecule has 1 N–H and O–H groups in total. The summed E-state index contributed by atoms with van der Waals surface area (Å²) in [7, 11) is 1.72. The number of methoxy groups -OCH3 is 1. The number of carbonyl (C=O) groups is 1. The van der Waals surface area contributed by atoms with Gasteiger partial charge < -0.3 is 10.1 Å². The van der Waals surface area contributed by atoms with Crippen molar-refractivity contribution >= 4 is 17.0 Å². The van der Waals surface area contributed by atoms with Gasteiger partial charge in [0, 0.05) is 7.11 Å². The van der Waals surface area contributed by atoms with Gasteiger partial charge in [0.15, 0.2) is 0 Å². The molecule has 0 saturated heterocycles. The van der Waals surface area contributed by atoms with Crippen LogP contribution in [0.5, 0.6) is 0 Å². The minimum atomic E-state index is 0.0500. The lowest BCUT2D eigenvalue weighted by atomic mass is 9.93. The van der Waals surface area contributed by atoms with E-state index in [9.17, 15) is 4.79 Å². The van der Waals surface area contributed by atoms with Crippen molar-refractivity contribution in [2.75, 3.05) is 13.4 Å². The number of hydrogen-bond acceptors (Lipinski definition) is 3. The first-order valence-corrected chi connectivity index (χ1v) is 5.87. The zero-order chi connectivity index (χ0) is 9.68. The summed E-state index contributed by atoms with van der Waals surface area (Å²) in [6.07, 6.45) is 6.52. The van der Waals surface area contributed by atoms with Gasteiger partial charge in [-0.3, -0.25) is 4.79 Å². The number of amides is 1. The Labute approximate surface area is 83.6 Å². The molecular formula is C9H17NO2S. The van der Waals surface area contributed by atoms with Crippen LogP contribution in [0.1, 0.15) is 25.7 Å². The molecule has 1 aliphatic carbocycles. The van der Waals surface area contributed by atoms with E-state index in [1.807, 2.05) is 0 Å². The molecule has 3 nitrogen and oxygen atoms in total. The smallest absolute Gasteiger partial charge is 0.279 e. The molecule has 1 amide bonds. The minimum Gasteiger partial charge on any atom is -0.379 e. The molecule has 0 spiro atoms. The highest BCUT2D eigenvalue weighted by atomic mass is 32.2. The van der Waals surface area contributed by atoms with Gasteiger partial charge in [0.2, 0.25) is 0 Å². The molecule has 0 aromatic rings. The van der Waals surface area contributed by atoms with Crippen molar-refractivity contribution in [3.63, 3.8) is 0 Å². The van der Waals surface area contributed by atoms with E-state index in [1.54, 1.807) is 13.4 Å². The van der Waals surface area contributed by atoms with Crippen molar-refractivity contribution in [1.82, 2.24) is 5.32 Å². The molecule has 0 aliphatic heterocycles. The van der Waals surface area contributed by atoms with Crippen molar-refractivity contribution in [3.8, 4) is 0 Å². The molecule has 1 rings (SSSR count). The third-order valence-electron chi connectivity index (χ3n) is 2.49. The molecule has 0 unspecified atom stereocenters. The summed E-state index contributed by atoms with van der Waals surface area (Å²) in [6, 6.07) is 0.221. The summed E-state index contributed by atoms with van der Waals surface area (Å²) in [5.41, 5.74) is 0. The molecule has 0 heterocycles. The average molecular weight is 203 g/mol. The highest BCUT2D eigenvalue weighted by Gasteiger charge is 2.25. The molecule has 0 aromatic heterocycles. The fraction of sp³-hybridized carbons (Fsp3) is 0.889. The average Bonchev–Trinajstić information content (AvgIpc) is 2.18. The zero-order valence-corrected chi connectivity index (χ0v) is 9.02. The van der Waals surface area contributed by atoms with Gasteiger partial charge in [-0.1, -0.05) is 24.6 Å². The van der Waals surface area contributed by atoms with Crippen LogP contribution in [0.2, 0.25) is 0 Å². The Morgan fingerprint density at radius 3 is 2.77 bits per heavy atom. The molecule has 1 fully saturated rings. The van der Waals surface area contributed by atoms with Crippen LogP contribution in [-0.2, 0) is 4.74 Å². The number of carbonyl (C=O) groups excluding carboxylic acids is 1. The summed E-state index contributed by atoms with van der Waals surface area (Å²) in [6.45, 7) is 0. The Morgan fingerprint density at radius 1 is 1.46 bits per heavy atom. The molecule has 1 aliphatic rings. The van der Waals surface area contributed by atoms with Gasteiger partial charge in [0.05, 0.1) is 12.1 Å². The number of ether oxygens (including phenoxy) is 1. The zero-order valence-electron chi connectivity index (χ0n) is 8.21. The normalized spacial score (nSPS) is 28.5. The SMILES string of the molecule is CO[C@H]1CCCC[C@@H]1NC(=O)SC. The van der Waals surface area contributed by atoms with E-state index in [0.717, 1.165) is 12.8 Å². The fourth-order valence-corrected chi connectivity index (χ4v) is 2.02. The van der Waals surface area contributed by atoms with E-state index >= 15 is 0 Å². The second-order valence-electron chi connectivity index (χ2n) is 3.30. The van der Waals surface area contributed by atoms with Crippen LogP contribution in [0.15, 0.2) is 0 Å². The largest absolute Gasteiger partial charge is 0.379 e. The van der Waals surface area contributed by atoms with E-state index in [1.165, 1.54) is 24.6 Å². The van der Waals surface area contributed by atoms with E-state index in [4.69, 9.17) is 4.74 Å². The van der Waals surface area contributed by atoms with Crippen molar-refractivity contribution in [2.24, 2.45) is 0 Å². The number of thioether (sulfide) groups is 1. The summed E-state index contributed by atoms with van der Waals surface area (Å²) >= 11 is 1.23. The maximum absolute atomic E-state index is 11.1. The Hall–Kier alpha value is -0.220. The van der Waals surface area contributed by atoms with Crippen molar-refractivity contribution < 1.29 is 9.53 Å². The van der Waals surface area contributed by atoms with Crippen LogP contribution < -0.4 is 5.32 Å². The molecule has 1 saturated carbocycles. The van der Waals surface area contributed by atoms with Gasteiger partial charge in [0.1, 0.15) is 0 Å². The first-order chi connectivity index (χ1) is 6.27. The summed E-state index contributed by atoms with van der Waals surface area (Å²) < 4.78 is 5.33. The van der Waals surface area contributed by atoms with E-state index in [2.05, 4.69) is 5.32 Å². The fourth-order valence-electron chi connectivity index (χ4n) is 1.75. The Morgan fingerprint density at radius 2 is 2.15 bits per heavy atom. The lowest BCUT2D eigenvalue weighted by Gasteiger charge is -2.30. The first kappa shape index (κ1) is 10.9. The van der Waals surface area contributed by atoms with Gasteiger partial charge >= 0.3 is 0 Å². The molecule has 0 bridgehead atoms. The van der Waals surface area contributed by atoms with Gasteiger partial charge in [0.25, 0.3) is 5.24 Å². The lowest BCUT2D eigenvalue weighted by Crippen LogP contribution is -2.44. The second kappa shape index (κ2) is 5.50. The minimum absolute atomic E-state index is 0.0500. The lowest BCUT2D eigenvalue weighted by molar-refractivity contribution is 0.0465. The summed E-state index contributed by atoms with van der Waals surface area (Å²) in [4.78, 5) is 11.1. The van der Waals surface area contributed by atoms with Crippen LogP contribution in [-0.4, -0.2) is 30.8 Å². The van der Waals surface area contributed by atoms with E-state index < -0.39 is 0 Å². The van der Waals surface area contributed by atoms with Gasteiger partial charge in [-0.2, -0.15) is 0 Å². The van der Waals surface area contributed by atoms with Crippen molar-refractivity contribution in [1.29, 1.82) is 0 Å². The predicted molar refractivity (Wildman–Crippen MR) is 55.1 cm³/mol. The number of rotatable bonds is 2. The Balaban J connectivity index is 2.40. The van der Waals surface area contributed by atoms with Gasteiger partial charge in [-0.15, -0.1) is 0 Å². The molecule has 4 heteroatoms. The highest BCUT2D eigenvalue weighted by molar-refractivity contribution is 8.12. The quantitative estimate of drug-likeness (QED) is 0.746. The Bertz CT molecular complexity index is 175. The van der Waals surface area contributed by atoms with Crippen molar-refractivity contribution in [2.45, 2.75) is 37.8 Å². The highest BCUT2D eigenvalue weighted by Crippen LogP contribution is 2.21. The van der Waals surface area contributed by atoms with Crippen LogP contribution in [0.3, 0.4) is 0 Å². The molecule has 76 valence electrons. The molecule has 2 atom stereocenters. The van der Waals surface area contributed by atoms with Crippen LogP contribution in [0, 0.1) is 0 Å². The third-order valence-corrected chi connectivity index (χ3v) is 2.98. The van der Waals surface area contributed by atoms with Crippen molar-refractivity contribution in [3.05, 3.63) is 0 Å². The third kappa shape index (κ3) is 3.19. The maximum Gasteiger partial charge on any atom is 0.279 e. The summed E-state index contributed by atoms with van der Waals surface area (Å²) in [5.74, 6) is 0. The number of hydrogen-bond donors (Lipinski definition) is 1. The van der Waals surface area contributed by atoms with Crippen LogP contribution in [0.4, 0.5) is 4.79 Å². The van der Waals surface area contributed by atoms with Crippen LogP contribution >= 0.6 is 11.8 Å². The predicted octanol–water partition coefficient (Wildman–Crippen LogP) is 2.02. The number of nitrogens with one attached hydrogen (secondary N) is 1. The summed E-state index contributed by atoms with van der Waals surface area (Å²) in [5, 5.41) is 3.02. The second-order valence-corrected chi connectivity index (χ2v) is 4.08. The maximum atomic E-state index is 11.1. The standard InChI is InChI=1S/C9H17NO2S/c1-12-8-6-4-3-5-7(8)10-9(11)13-2/h7-8H,3-6H2,1-2H3,(H,10,11)/t7-,8-/m0/s1. The van der Waals surface area contributed by atoms with Gasteiger partial charge in [-0.25, -0.2) is 0 Å². The van der Waals surface area contributed by atoms with Gasteiger partial charge in [-0.05, 0) is 19.1 Å². The Kier molecular flexibility index (Phi) is 4.59. The molecular weight excluding hydrogens is 186 g/mol. The molecule has 0 aromatic carbocycles. The van der Waals surface area contributed by atoms with E-state index in [-0.39, 0.29) is 17.4 Å². The molecule has 13 heavy (non-hydrogen) atoms. The molecule has 0 radical (unpaired) electrons. The van der Waals surface area contributed by atoms with Crippen LogP contribution in [0.25, 0.3) is 0 Å². The van der Waals surface area contributed by atoms with E-state index in [0.29, 0.717) is 0 Å². The topological polar surface area (TPSA) is 38.3 Å². The first-order valence-electron chi connectivity index (χ1n) is 4.65. The monoisotopic (exact) mass is 203 g/mol.